The number of benzene rings is 1. The third kappa shape index (κ3) is 2.71. The summed E-state index contributed by atoms with van der Waals surface area (Å²) in [6.07, 6.45) is 2.28. The van der Waals surface area contributed by atoms with Gasteiger partial charge in [0.25, 0.3) is 5.91 Å². The number of ketones is 1. The van der Waals surface area contributed by atoms with Crippen LogP contribution in [0, 0.1) is 13.8 Å². The Labute approximate surface area is 152 Å². The molecule has 0 N–H and O–H groups in total. The molecule has 0 radical (unpaired) electrons. The molecule has 1 aliphatic carbocycles. The number of amides is 3. The number of carbonyl (C=O) groups is 3. The zero-order valence-corrected chi connectivity index (χ0v) is 14.9. The molecule has 2 aromatic rings. The summed E-state index contributed by atoms with van der Waals surface area (Å²) >= 11 is 0. The van der Waals surface area contributed by atoms with E-state index in [1.54, 1.807) is 12.1 Å². The molecule has 0 atom stereocenters. The second kappa shape index (κ2) is 6.12. The number of hydrogen-bond donors (Lipinski definition) is 0. The van der Waals surface area contributed by atoms with Gasteiger partial charge in [-0.2, -0.15) is 0 Å². The summed E-state index contributed by atoms with van der Waals surface area (Å²) in [5.41, 5.74) is 3.24. The first-order valence-electron chi connectivity index (χ1n) is 8.86. The Morgan fingerprint density at radius 3 is 2.46 bits per heavy atom. The van der Waals surface area contributed by atoms with E-state index in [0.717, 1.165) is 29.1 Å². The third-order valence-electron chi connectivity index (χ3n) is 5.12. The van der Waals surface area contributed by atoms with Gasteiger partial charge in [0, 0.05) is 28.7 Å². The molecule has 0 bridgehead atoms. The smallest absolute Gasteiger partial charge is 0.332 e. The monoisotopic (exact) mass is 351 g/mol. The highest BCUT2D eigenvalue weighted by molar-refractivity contribution is 6.15. The number of rotatable bonds is 5. The zero-order valence-electron chi connectivity index (χ0n) is 14.9. The summed E-state index contributed by atoms with van der Waals surface area (Å²) in [7, 11) is 0. The minimum Gasteiger partial charge on any atom is -0.345 e. The van der Waals surface area contributed by atoms with Crippen LogP contribution in [0.15, 0.2) is 36.4 Å². The number of aryl methyl sites for hydroxylation is 1. The van der Waals surface area contributed by atoms with Crippen LogP contribution in [-0.4, -0.2) is 40.3 Å². The first-order chi connectivity index (χ1) is 12.5. The normalized spacial score (nSPS) is 17.3. The summed E-state index contributed by atoms with van der Waals surface area (Å²) in [5, 5.41) is 0. The largest absolute Gasteiger partial charge is 0.345 e. The van der Waals surface area contributed by atoms with Crippen LogP contribution in [0.5, 0.6) is 0 Å². The fraction of sp³-hybridized carbons (Fsp3) is 0.350. The maximum Gasteiger partial charge on any atom is 0.332 e. The number of anilines is 1. The number of para-hydroxylation sites is 1. The van der Waals surface area contributed by atoms with Crippen LogP contribution < -0.4 is 4.90 Å². The van der Waals surface area contributed by atoms with E-state index < -0.39 is 6.03 Å². The van der Waals surface area contributed by atoms with Gasteiger partial charge in [-0.05, 0) is 44.9 Å². The summed E-state index contributed by atoms with van der Waals surface area (Å²) in [6, 6.07) is 10.9. The van der Waals surface area contributed by atoms with Crippen molar-refractivity contribution < 1.29 is 14.4 Å². The molecule has 134 valence electrons. The van der Waals surface area contributed by atoms with Gasteiger partial charge in [-0.1, -0.05) is 18.2 Å². The van der Waals surface area contributed by atoms with Crippen molar-refractivity contribution in [3.63, 3.8) is 0 Å². The summed E-state index contributed by atoms with van der Waals surface area (Å²) in [6.45, 7) is 3.68. The molecular weight excluding hydrogens is 330 g/mol. The highest BCUT2D eigenvalue weighted by atomic mass is 16.2. The van der Waals surface area contributed by atoms with Gasteiger partial charge < -0.3 is 4.57 Å². The van der Waals surface area contributed by atoms with Crippen LogP contribution in [0.25, 0.3) is 0 Å². The van der Waals surface area contributed by atoms with Gasteiger partial charge in [-0.15, -0.1) is 0 Å². The fourth-order valence-electron chi connectivity index (χ4n) is 3.69. The van der Waals surface area contributed by atoms with Gasteiger partial charge in [0.15, 0.2) is 5.78 Å². The van der Waals surface area contributed by atoms with E-state index in [2.05, 4.69) is 4.57 Å². The van der Waals surface area contributed by atoms with E-state index in [1.165, 1.54) is 4.90 Å². The molecule has 2 heterocycles. The Morgan fingerprint density at radius 1 is 1.12 bits per heavy atom. The molecule has 1 saturated carbocycles. The third-order valence-corrected chi connectivity index (χ3v) is 5.12. The number of nitrogens with zero attached hydrogens (tertiary/aromatic N) is 3. The Kier molecular flexibility index (Phi) is 3.90. The molecule has 26 heavy (non-hydrogen) atoms. The highest BCUT2D eigenvalue weighted by Gasteiger charge is 2.38. The Balaban J connectivity index is 1.54. The molecule has 3 amide bonds. The number of hydrogen-bond acceptors (Lipinski definition) is 3. The predicted molar refractivity (Wildman–Crippen MR) is 97.4 cm³/mol. The Morgan fingerprint density at radius 2 is 1.81 bits per heavy atom. The first kappa shape index (κ1) is 16.6. The summed E-state index contributed by atoms with van der Waals surface area (Å²) in [5.74, 6) is -0.537. The second-order valence-electron chi connectivity index (χ2n) is 6.99. The van der Waals surface area contributed by atoms with Crippen molar-refractivity contribution in [2.24, 2.45) is 0 Å². The van der Waals surface area contributed by atoms with E-state index in [1.807, 2.05) is 38.1 Å². The zero-order chi connectivity index (χ0) is 18.4. The molecule has 1 aliphatic heterocycles. The molecule has 0 unspecified atom stereocenters. The number of aromatic nitrogens is 1. The molecule has 1 saturated heterocycles. The van der Waals surface area contributed by atoms with E-state index in [4.69, 9.17) is 0 Å². The molecule has 6 nitrogen and oxygen atoms in total. The number of imide groups is 1. The van der Waals surface area contributed by atoms with Crippen LogP contribution >= 0.6 is 0 Å². The molecule has 4 rings (SSSR count). The van der Waals surface area contributed by atoms with Crippen molar-refractivity contribution >= 4 is 23.4 Å². The lowest BCUT2D eigenvalue weighted by Gasteiger charge is -2.16. The molecule has 2 aliphatic rings. The van der Waals surface area contributed by atoms with Gasteiger partial charge in [0.1, 0.15) is 6.54 Å². The van der Waals surface area contributed by atoms with Gasteiger partial charge >= 0.3 is 6.03 Å². The quantitative estimate of drug-likeness (QED) is 0.614. The van der Waals surface area contributed by atoms with Crippen molar-refractivity contribution in [2.45, 2.75) is 32.7 Å². The highest BCUT2D eigenvalue weighted by Crippen LogP contribution is 2.38. The first-order valence-corrected chi connectivity index (χ1v) is 8.86. The Hall–Kier alpha value is -2.89. The average molecular weight is 351 g/mol. The van der Waals surface area contributed by atoms with Gasteiger partial charge in [-0.25, -0.2) is 4.79 Å². The minimum atomic E-state index is -0.439. The fourth-order valence-corrected chi connectivity index (χ4v) is 3.69. The second-order valence-corrected chi connectivity index (χ2v) is 6.99. The number of carbonyl (C=O) groups excluding carboxylic acids is 3. The number of urea groups is 1. The van der Waals surface area contributed by atoms with Gasteiger partial charge in [0.05, 0.1) is 6.54 Å². The minimum absolute atomic E-state index is 0.0305. The molecule has 1 aromatic carbocycles. The maximum atomic E-state index is 12.8. The lowest BCUT2D eigenvalue weighted by Crippen LogP contribution is -2.37. The molecular formula is C20H21N3O3. The molecule has 2 fully saturated rings. The Bertz CT molecular complexity index is 897. The van der Waals surface area contributed by atoms with Crippen molar-refractivity contribution in [3.8, 4) is 0 Å². The van der Waals surface area contributed by atoms with Crippen LogP contribution in [-0.2, 0) is 4.79 Å². The molecule has 1 aromatic heterocycles. The topological polar surface area (TPSA) is 62.6 Å². The van der Waals surface area contributed by atoms with Crippen LogP contribution in [0.1, 0.15) is 40.6 Å². The maximum absolute atomic E-state index is 12.8. The van der Waals surface area contributed by atoms with Gasteiger partial charge in [0.2, 0.25) is 0 Å². The standard InChI is InChI=1S/C20H21N3O3/c1-13-10-17(14(2)23(13)16-8-9-16)18(24)11-22-19(25)12-21(20(22)26)15-6-4-3-5-7-15/h3-7,10,16H,8-9,11-12H2,1-2H3. The number of Topliss-reactive ketones (excluding diaryl/α,β-unsaturated/α-hetero) is 1. The van der Waals surface area contributed by atoms with Crippen molar-refractivity contribution in [1.29, 1.82) is 0 Å². The predicted octanol–water partition coefficient (Wildman–Crippen LogP) is 3.09. The average Bonchev–Trinajstić information content (AvgIpc) is 3.36. The van der Waals surface area contributed by atoms with E-state index in [-0.39, 0.29) is 24.8 Å². The van der Waals surface area contributed by atoms with E-state index in [0.29, 0.717) is 17.3 Å². The molecule has 6 heteroatoms. The lowest BCUT2D eigenvalue weighted by atomic mass is 10.1. The van der Waals surface area contributed by atoms with Crippen LogP contribution in [0.4, 0.5) is 10.5 Å². The van der Waals surface area contributed by atoms with Crippen LogP contribution in [0.2, 0.25) is 0 Å². The van der Waals surface area contributed by atoms with E-state index in [9.17, 15) is 14.4 Å². The van der Waals surface area contributed by atoms with Crippen molar-refractivity contribution in [1.82, 2.24) is 9.47 Å². The summed E-state index contributed by atoms with van der Waals surface area (Å²) < 4.78 is 2.19. The SMILES string of the molecule is Cc1cc(C(=O)CN2C(=O)CN(c3ccccc3)C2=O)c(C)n1C1CC1. The lowest BCUT2D eigenvalue weighted by molar-refractivity contribution is -0.124. The van der Waals surface area contributed by atoms with Crippen molar-refractivity contribution in [2.75, 3.05) is 18.0 Å². The van der Waals surface area contributed by atoms with E-state index >= 15 is 0 Å². The van der Waals surface area contributed by atoms with Crippen molar-refractivity contribution in [3.05, 3.63) is 53.3 Å². The molecule has 0 spiro atoms. The van der Waals surface area contributed by atoms with Crippen LogP contribution in [0.3, 0.4) is 0 Å². The van der Waals surface area contributed by atoms with Gasteiger partial charge in [-0.3, -0.25) is 19.4 Å². The summed E-state index contributed by atoms with van der Waals surface area (Å²) in [4.78, 5) is 40.2.